The zero-order valence-corrected chi connectivity index (χ0v) is 17.4. The summed E-state index contributed by atoms with van der Waals surface area (Å²) in [6.45, 7) is 2.16. The van der Waals surface area contributed by atoms with Crippen LogP contribution < -0.4 is 0 Å². The van der Waals surface area contributed by atoms with E-state index < -0.39 is 0 Å². The Bertz CT molecular complexity index is 1020. The first-order valence-electron chi connectivity index (χ1n) is 10.9. The molecule has 0 N–H and O–H groups in total. The van der Waals surface area contributed by atoms with Crippen molar-refractivity contribution in [3.8, 4) is 11.1 Å². The molecule has 3 heteroatoms. The Morgan fingerprint density at radius 2 is 1.70 bits per heavy atom. The van der Waals surface area contributed by atoms with Crippen LogP contribution in [0.3, 0.4) is 0 Å². The van der Waals surface area contributed by atoms with Gasteiger partial charge in [-0.15, -0.1) is 0 Å². The number of unbranched alkanes of at least 4 members (excludes halogenated alkanes) is 2. The highest BCUT2D eigenvalue weighted by Crippen LogP contribution is 2.38. The Morgan fingerprint density at radius 1 is 0.900 bits per heavy atom. The lowest BCUT2D eigenvalue weighted by Gasteiger charge is -2.26. The Kier molecular flexibility index (Phi) is 6.26. The summed E-state index contributed by atoms with van der Waals surface area (Å²) in [6.07, 6.45) is 6.26. The molecule has 1 unspecified atom stereocenters. The number of fused-ring (bicyclic) bond motifs is 1. The van der Waals surface area contributed by atoms with E-state index >= 15 is 4.39 Å². The maximum absolute atomic E-state index is 15.2. The van der Waals surface area contributed by atoms with E-state index in [4.69, 9.17) is 0 Å². The molecule has 1 aliphatic rings. The van der Waals surface area contributed by atoms with Crippen LogP contribution in [0.2, 0.25) is 0 Å². The predicted molar refractivity (Wildman–Crippen MR) is 116 cm³/mol. The molecule has 0 fully saturated rings. The van der Waals surface area contributed by atoms with Crippen LogP contribution in [0.5, 0.6) is 0 Å². The largest absolute Gasteiger partial charge is 0.207 e. The molecule has 3 aromatic rings. The molecule has 0 radical (unpaired) electrons. The van der Waals surface area contributed by atoms with Gasteiger partial charge in [0.15, 0.2) is 0 Å². The zero-order valence-electron chi connectivity index (χ0n) is 17.4. The minimum atomic E-state index is -0.335. The summed E-state index contributed by atoms with van der Waals surface area (Å²) < 4.78 is 43.2. The Labute approximate surface area is 176 Å². The summed E-state index contributed by atoms with van der Waals surface area (Å²) in [6, 6.07) is 15.2. The fraction of sp³-hybridized carbons (Fsp3) is 0.333. The van der Waals surface area contributed by atoms with Gasteiger partial charge in [-0.1, -0.05) is 56.2 Å². The molecule has 1 atom stereocenters. The van der Waals surface area contributed by atoms with E-state index in [0.717, 1.165) is 48.8 Å². The highest BCUT2D eigenvalue weighted by Gasteiger charge is 2.26. The SMILES string of the molecule is CCCCCc1ccc(C2CCc3c(ccc(-c4ccc(F)cc4)c3F)C2)c(F)c1. The molecule has 0 heterocycles. The third-order valence-corrected chi connectivity index (χ3v) is 6.28. The van der Waals surface area contributed by atoms with Crippen molar-refractivity contribution in [2.75, 3.05) is 0 Å². The van der Waals surface area contributed by atoms with Gasteiger partial charge in [0.1, 0.15) is 17.5 Å². The average Bonchev–Trinajstić information content (AvgIpc) is 2.75. The number of aryl methyl sites for hydroxylation is 1. The molecule has 0 saturated carbocycles. The van der Waals surface area contributed by atoms with Gasteiger partial charge in [-0.05, 0) is 84.0 Å². The quantitative estimate of drug-likeness (QED) is 0.365. The van der Waals surface area contributed by atoms with Crippen molar-refractivity contribution in [3.05, 3.63) is 94.3 Å². The molecule has 0 nitrogen and oxygen atoms in total. The maximum atomic E-state index is 15.2. The molecule has 0 amide bonds. The van der Waals surface area contributed by atoms with Crippen molar-refractivity contribution in [1.29, 1.82) is 0 Å². The number of rotatable bonds is 6. The molecule has 1 aliphatic carbocycles. The molecule has 4 rings (SSSR count). The summed E-state index contributed by atoms with van der Waals surface area (Å²) in [4.78, 5) is 0. The van der Waals surface area contributed by atoms with Gasteiger partial charge >= 0.3 is 0 Å². The average molecular weight is 409 g/mol. The first-order valence-corrected chi connectivity index (χ1v) is 10.9. The van der Waals surface area contributed by atoms with Gasteiger partial charge in [0, 0.05) is 5.56 Å². The van der Waals surface area contributed by atoms with Gasteiger partial charge in [0.05, 0.1) is 0 Å². The number of benzene rings is 3. The first-order chi connectivity index (χ1) is 14.6. The van der Waals surface area contributed by atoms with Gasteiger partial charge in [0.25, 0.3) is 0 Å². The number of hydrogen-bond donors (Lipinski definition) is 0. The third-order valence-electron chi connectivity index (χ3n) is 6.28. The Morgan fingerprint density at radius 3 is 2.43 bits per heavy atom. The van der Waals surface area contributed by atoms with Gasteiger partial charge in [-0.3, -0.25) is 0 Å². The minimum Gasteiger partial charge on any atom is -0.207 e. The second-order valence-electron chi connectivity index (χ2n) is 8.32. The summed E-state index contributed by atoms with van der Waals surface area (Å²) in [5, 5.41) is 0. The van der Waals surface area contributed by atoms with Gasteiger partial charge in [-0.25, -0.2) is 13.2 Å². The summed E-state index contributed by atoms with van der Waals surface area (Å²) in [5.41, 5.74) is 4.61. The summed E-state index contributed by atoms with van der Waals surface area (Å²) >= 11 is 0. The van der Waals surface area contributed by atoms with Crippen molar-refractivity contribution >= 4 is 0 Å². The lowest BCUT2D eigenvalue weighted by Crippen LogP contribution is -2.16. The smallest absolute Gasteiger partial charge is 0.134 e. The maximum Gasteiger partial charge on any atom is 0.134 e. The predicted octanol–water partition coefficient (Wildman–Crippen LogP) is 7.78. The van der Waals surface area contributed by atoms with E-state index in [1.807, 2.05) is 18.2 Å². The zero-order chi connectivity index (χ0) is 21.1. The molecule has 30 heavy (non-hydrogen) atoms. The van der Waals surface area contributed by atoms with Crippen LogP contribution in [0.1, 0.15) is 60.8 Å². The number of halogens is 3. The third kappa shape index (κ3) is 4.30. The first kappa shape index (κ1) is 20.7. The van der Waals surface area contributed by atoms with E-state index in [1.54, 1.807) is 24.3 Å². The van der Waals surface area contributed by atoms with Crippen molar-refractivity contribution < 1.29 is 13.2 Å². The molecular formula is C27H27F3. The molecule has 0 bridgehead atoms. The second-order valence-corrected chi connectivity index (χ2v) is 8.32. The van der Waals surface area contributed by atoms with E-state index in [9.17, 15) is 8.78 Å². The van der Waals surface area contributed by atoms with Crippen LogP contribution in [0, 0.1) is 17.5 Å². The molecule has 3 aromatic carbocycles. The lowest BCUT2D eigenvalue weighted by atomic mass is 9.78. The fourth-order valence-electron chi connectivity index (χ4n) is 4.56. The van der Waals surface area contributed by atoms with Crippen molar-refractivity contribution in [2.24, 2.45) is 0 Å². The standard InChI is InChI=1S/C27H27F3/c1-2-3-4-5-18-6-13-23(26(29)16-18)20-9-15-25-21(17-20)10-14-24(27(25)30)19-7-11-22(28)12-8-19/h6-8,10-14,16,20H,2-5,9,15,17H2,1H3. The molecule has 0 aromatic heterocycles. The van der Waals surface area contributed by atoms with Crippen LogP contribution in [0.4, 0.5) is 13.2 Å². The topological polar surface area (TPSA) is 0 Å². The van der Waals surface area contributed by atoms with E-state index in [-0.39, 0.29) is 23.4 Å². The minimum absolute atomic E-state index is 0.0678. The van der Waals surface area contributed by atoms with Crippen LogP contribution in [0.25, 0.3) is 11.1 Å². The Balaban J connectivity index is 1.54. The van der Waals surface area contributed by atoms with Gasteiger partial charge in [0.2, 0.25) is 0 Å². The van der Waals surface area contributed by atoms with Crippen LogP contribution in [-0.2, 0) is 19.3 Å². The van der Waals surface area contributed by atoms with Crippen molar-refractivity contribution in [1.82, 2.24) is 0 Å². The molecule has 0 aliphatic heterocycles. The van der Waals surface area contributed by atoms with Crippen LogP contribution in [0.15, 0.2) is 54.6 Å². The lowest BCUT2D eigenvalue weighted by molar-refractivity contribution is 0.515. The molecular weight excluding hydrogens is 381 g/mol. The van der Waals surface area contributed by atoms with E-state index in [0.29, 0.717) is 29.5 Å². The van der Waals surface area contributed by atoms with E-state index in [2.05, 4.69) is 6.92 Å². The molecule has 0 saturated heterocycles. The van der Waals surface area contributed by atoms with Crippen molar-refractivity contribution in [2.45, 2.75) is 57.8 Å². The molecule has 0 spiro atoms. The highest BCUT2D eigenvalue weighted by atomic mass is 19.1. The van der Waals surface area contributed by atoms with Crippen LogP contribution in [-0.4, -0.2) is 0 Å². The summed E-state index contributed by atoms with van der Waals surface area (Å²) in [7, 11) is 0. The van der Waals surface area contributed by atoms with E-state index in [1.165, 1.54) is 12.1 Å². The van der Waals surface area contributed by atoms with Crippen LogP contribution >= 0.6 is 0 Å². The molecule has 156 valence electrons. The normalized spacial score (nSPS) is 15.8. The fourth-order valence-corrected chi connectivity index (χ4v) is 4.56. The highest BCUT2D eigenvalue weighted by molar-refractivity contribution is 5.66. The Hall–Kier alpha value is -2.55. The van der Waals surface area contributed by atoms with Crippen molar-refractivity contribution in [3.63, 3.8) is 0 Å². The van der Waals surface area contributed by atoms with Gasteiger partial charge < -0.3 is 0 Å². The monoisotopic (exact) mass is 408 g/mol. The second kappa shape index (κ2) is 9.07. The van der Waals surface area contributed by atoms with Gasteiger partial charge in [-0.2, -0.15) is 0 Å². The number of hydrogen-bond acceptors (Lipinski definition) is 0. The summed E-state index contributed by atoms with van der Waals surface area (Å²) in [5.74, 6) is -0.637.